The lowest BCUT2D eigenvalue weighted by Gasteiger charge is -2.36. The Kier molecular flexibility index (Phi) is 7.10. The molecule has 1 saturated carbocycles. The van der Waals surface area contributed by atoms with Gasteiger partial charge in [-0.1, -0.05) is 42.8 Å². The SMILES string of the molecule is CC(=O)N[C@H]1CCCC[C@H]1NC(=O)C1Sc2nccc3c2C1NC(=O)N3c1ccc(Oc2ccccc2)cc1C. The first-order valence-electron chi connectivity index (χ1n) is 13.6. The standard InChI is InChI=1S/C30H31N5O4S/c1-17-16-20(39-19-8-4-3-5-9-19)12-13-23(17)35-24-14-15-31-29-25(24)26(34-30(35)38)27(40-29)28(37)33-22-11-7-6-10-21(22)32-18(2)36/h3-5,8-9,12-16,21-22,26-27H,6-7,10-11H2,1-2H3,(H,32,36)(H,33,37)(H,34,38)/t21-,22+,26?,27?/m0/s1. The van der Waals surface area contributed by atoms with Crippen molar-refractivity contribution in [3.05, 3.63) is 71.9 Å². The molecule has 10 heteroatoms. The minimum Gasteiger partial charge on any atom is -0.457 e. The molecule has 9 nitrogen and oxygen atoms in total. The zero-order valence-corrected chi connectivity index (χ0v) is 23.2. The molecule has 0 spiro atoms. The number of amides is 4. The molecule has 4 atom stereocenters. The summed E-state index contributed by atoms with van der Waals surface area (Å²) >= 11 is 1.37. The lowest BCUT2D eigenvalue weighted by Crippen LogP contribution is -2.56. The summed E-state index contributed by atoms with van der Waals surface area (Å²) < 4.78 is 5.98. The Labute approximate surface area is 237 Å². The number of aryl methyl sites for hydroxylation is 1. The Morgan fingerprint density at radius 2 is 1.75 bits per heavy atom. The molecule has 1 aromatic heterocycles. The summed E-state index contributed by atoms with van der Waals surface area (Å²) in [4.78, 5) is 45.1. The van der Waals surface area contributed by atoms with Crippen LogP contribution in [0.15, 0.2) is 65.8 Å². The van der Waals surface area contributed by atoms with Crippen LogP contribution in [0.4, 0.5) is 16.2 Å². The Hall–Kier alpha value is -4.05. The van der Waals surface area contributed by atoms with E-state index < -0.39 is 11.3 Å². The molecule has 6 rings (SSSR count). The van der Waals surface area contributed by atoms with Crippen molar-refractivity contribution in [3.8, 4) is 11.5 Å². The fraction of sp³-hybridized carbons (Fsp3) is 0.333. The van der Waals surface area contributed by atoms with Gasteiger partial charge in [0.25, 0.3) is 0 Å². The predicted molar refractivity (Wildman–Crippen MR) is 153 cm³/mol. The second-order valence-electron chi connectivity index (χ2n) is 10.4. The van der Waals surface area contributed by atoms with E-state index in [-0.39, 0.29) is 29.9 Å². The van der Waals surface area contributed by atoms with Crippen molar-refractivity contribution in [2.24, 2.45) is 0 Å². The monoisotopic (exact) mass is 557 g/mol. The van der Waals surface area contributed by atoms with E-state index in [1.807, 2.05) is 61.5 Å². The Balaban J connectivity index is 1.24. The molecule has 2 aromatic carbocycles. The number of carbonyl (C=O) groups is 3. The van der Waals surface area contributed by atoms with Crippen LogP contribution in [0.2, 0.25) is 0 Å². The summed E-state index contributed by atoms with van der Waals surface area (Å²) in [5.74, 6) is 1.15. The largest absolute Gasteiger partial charge is 0.457 e. The minimum absolute atomic E-state index is 0.0917. The van der Waals surface area contributed by atoms with Crippen LogP contribution >= 0.6 is 11.8 Å². The molecule has 3 aliphatic rings. The van der Waals surface area contributed by atoms with Gasteiger partial charge in [0, 0.05) is 30.8 Å². The van der Waals surface area contributed by atoms with E-state index in [1.165, 1.54) is 18.7 Å². The summed E-state index contributed by atoms with van der Waals surface area (Å²) in [6.07, 6.45) is 5.33. The van der Waals surface area contributed by atoms with Gasteiger partial charge in [0.15, 0.2) is 0 Å². The molecule has 0 saturated heterocycles. The first-order valence-corrected chi connectivity index (χ1v) is 14.4. The summed E-state index contributed by atoms with van der Waals surface area (Å²) in [5, 5.41) is 9.41. The first-order chi connectivity index (χ1) is 19.4. The average molecular weight is 558 g/mol. The number of thioether (sulfide) groups is 1. The van der Waals surface area contributed by atoms with Crippen molar-refractivity contribution in [2.75, 3.05) is 4.90 Å². The van der Waals surface area contributed by atoms with Crippen molar-refractivity contribution in [1.29, 1.82) is 0 Å². The zero-order chi connectivity index (χ0) is 27.8. The predicted octanol–water partition coefficient (Wildman–Crippen LogP) is 5.12. The number of pyridine rings is 1. The molecule has 3 aromatic rings. The van der Waals surface area contributed by atoms with Gasteiger partial charge >= 0.3 is 6.03 Å². The number of urea groups is 1. The molecule has 0 radical (unpaired) electrons. The van der Waals surface area contributed by atoms with Crippen LogP contribution < -0.4 is 25.6 Å². The molecule has 1 aliphatic carbocycles. The van der Waals surface area contributed by atoms with Crippen LogP contribution in [0, 0.1) is 6.92 Å². The van der Waals surface area contributed by atoms with Gasteiger partial charge in [-0.05, 0) is 61.7 Å². The fourth-order valence-corrected chi connectivity index (χ4v) is 7.07. The van der Waals surface area contributed by atoms with Gasteiger partial charge in [0.1, 0.15) is 21.8 Å². The summed E-state index contributed by atoms with van der Waals surface area (Å²) in [7, 11) is 0. The second-order valence-corrected chi connectivity index (χ2v) is 11.6. The smallest absolute Gasteiger partial charge is 0.327 e. The van der Waals surface area contributed by atoms with Gasteiger partial charge in [0.2, 0.25) is 11.8 Å². The van der Waals surface area contributed by atoms with Gasteiger partial charge in [-0.25, -0.2) is 9.78 Å². The third-order valence-corrected chi connectivity index (χ3v) is 8.92. The maximum Gasteiger partial charge on any atom is 0.327 e. The topological polar surface area (TPSA) is 113 Å². The van der Waals surface area contributed by atoms with E-state index >= 15 is 0 Å². The fourth-order valence-electron chi connectivity index (χ4n) is 5.83. The summed E-state index contributed by atoms with van der Waals surface area (Å²) in [6.45, 7) is 3.44. The highest BCUT2D eigenvalue weighted by molar-refractivity contribution is 8.01. The van der Waals surface area contributed by atoms with Crippen molar-refractivity contribution in [1.82, 2.24) is 20.9 Å². The number of aromatic nitrogens is 1. The van der Waals surface area contributed by atoms with Gasteiger partial charge in [-0.3, -0.25) is 14.5 Å². The van der Waals surface area contributed by atoms with E-state index in [1.54, 1.807) is 11.1 Å². The van der Waals surface area contributed by atoms with E-state index in [0.717, 1.165) is 59.0 Å². The van der Waals surface area contributed by atoms with Gasteiger partial charge in [0.05, 0.1) is 17.4 Å². The van der Waals surface area contributed by atoms with Crippen molar-refractivity contribution >= 4 is 41.0 Å². The molecule has 1 fully saturated rings. The number of rotatable bonds is 6. The second kappa shape index (κ2) is 10.8. The average Bonchev–Trinajstić information content (AvgIpc) is 3.30. The van der Waals surface area contributed by atoms with E-state index in [0.29, 0.717) is 5.75 Å². The number of para-hydroxylation sites is 1. The molecule has 3 N–H and O–H groups in total. The Bertz CT molecular complexity index is 1470. The molecule has 40 heavy (non-hydrogen) atoms. The first kappa shape index (κ1) is 26.2. The summed E-state index contributed by atoms with van der Waals surface area (Å²) in [6, 6.07) is 15.9. The number of ether oxygens (including phenoxy) is 1. The maximum absolute atomic E-state index is 13.6. The number of anilines is 2. The van der Waals surface area contributed by atoms with Crippen molar-refractivity contribution < 1.29 is 19.1 Å². The lowest BCUT2D eigenvalue weighted by atomic mass is 9.89. The van der Waals surface area contributed by atoms with Crippen LogP contribution in [0.5, 0.6) is 11.5 Å². The van der Waals surface area contributed by atoms with Crippen molar-refractivity contribution in [3.63, 3.8) is 0 Å². The van der Waals surface area contributed by atoms with Crippen LogP contribution in [-0.4, -0.2) is 40.2 Å². The van der Waals surface area contributed by atoms with E-state index in [2.05, 4.69) is 20.9 Å². The van der Waals surface area contributed by atoms with Crippen LogP contribution in [0.1, 0.15) is 49.8 Å². The quantitative estimate of drug-likeness (QED) is 0.388. The highest BCUT2D eigenvalue weighted by Gasteiger charge is 2.47. The number of carbonyl (C=O) groups excluding carboxylic acids is 3. The molecule has 3 heterocycles. The van der Waals surface area contributed by atoms with Gasteiger partial charge in [-0.2, -0.15) is 0 Å². The molecule has 4 amide bonds. The molecular weight excluding hydrogens is 526 g/mol. The number of hydrogen-bond acceptors (Lipinski definition) is 6. The van der Waals surface area contributed by atoms with Gasteiger partial charge < -0.3 is 20.7 Å². The van der Waals surface area contributed by atoms with E-state index in [9.17, 15) is 14.4 Å². The highest BCUT2D eigenvalue weighted by atomic mass is 32.2. The molecule has 2 unspecified atom stereocenters. The molecular formula is C30H31N5O4S. The van der Waals surface area contributed by atoms with Crippen LogP contribution in [0.25, 0.3) is 0 Å². The maximum atomic E-state index is 13.6. The number of nitrogens with one attached hydrogen (secondary N) is 3. The minimum atomic E-state index is -0.558. The normalized spacial score (nSPS) is 23.1. The van der Waals surface area contributed by atoms with E-state index in [4.69, 9.17) is 4.74 Å². The van der Waals surface area contributed by atoms with Crippen LogP contribution in [0.3, 0.4) is 0 Å². The highest BCUT2D eigenvalue weighted by Crippen LogP contribution is 2.51. The number of benzene rings is 2. The zero-order valence-electron chi connectivity index (χ0n) is 22.3. The third-order valence-electron chi connectivity index (χ3n) is 7.63. The number of hydrogen-bond donors (Lipinski definition) is 3. The Morgan fingerprint density at radius 3 is 2.48 bits per heavy atom. The number of nitrogens with zero attached hydrogens (tertiary/aromatic N) is 2. The van der Waals surface area contributed by atoms with Gasteiger partial charge in [-0.15, -0.1) is 0 Å². The van der Waals surface area contributed by atoms with Crippen LogP contribution in [-0.2, 0) is 9.59 Å². The molecule has 0 bridgehead atoms. The van der Waals surface area contributed by atoms with Crippen molar-refractivity contribution in [2.45, 2.75) is 67.9 Å². The third kappa shape index (κ3) is 4.99. The molecule has 2 aliphatic heterocycles. The summed E-state index contributed by atoms with van der Waals surface area (Å²) in [5.41, 5.74) is 3.16. The molecule has 206 valence electrons. The lowest BCUT2D eigenvalue weighted by molar-refractivity contribution is -0.124. The Morgan fingerprint density at radius 1 is 1.00 bits per heavy atom.